The van der Waals surface area contributed by atoms with Gasteiger partial charge in [0.2, 0.25) is 0 Å². The van der Waals surface area contributed by atoms with Crippen LogP contribution in [0.2, 0.25) is 0 Å². The third-order valence-electron chi connectivity index (χ3n) is 7.37. The zero-order valence-electron chi connectivity index (χ0n) is 18.8. The molecule has 0 amide bonds. The molecule has 6 N–H and O–H groups in total. The molecule has 174 valence electrons. The first kappa shape index (κ1) is 22.7. The van der Waals surface area contributed by atoms with Crippen molar-refractivity contribution in [3.8, 4) is 5.75 Å². The van der Waals surface area contributed by atoms with Crippen LogP contribution in [0.25, 0.3) is 0 Å². The van der Waals surface area contributed by atoms with Gasteiger partial charge in [0.1, 0.15) is 18.9 Å². The molecule has 0 aromatic heterocycles. The maximum absolute atomic E-state index is 14.6. The molecule has 2 aliphatic heterocycles. The third kappa shape index (κ3) is 4.27. The summed E-state index contributed by atoms with van der Waals surface area (Å²) in [5.41, 5.74) is 21.0. The average molecular weight is 436 g/mol. The summed E-state index contributed by atoms with van der Waals surface area (Å²) in [5.74, 6) is -0.227. The fourth-order valence-electron chi connectivity index (χ4n) is 5.68. The number of nitrogens with zero attached hydrogens (tertiary/aromatic N) is 4. The quantitative estimate of drug-likeness (QED) is 0.617. The normalized spacial score (nSPS) is 31.6. The van der Waals surface area contributed by atoms with Crippen LogP contribution in [0.5, 0.6) is 5.75 Å². The van der Waals surface area contributed by atoms with Crippen molar-refractivity contribution in [1.82, 2.24) is 14.7 Å². The number of benzene rings is 1. The SMILES string of the molecule is CCN1CCCC1CN1C(N)N(c2ccc(OC)c(F)c2)C(N)N(C2CCCC2)C1N. The molecule has 0 bridgehead atoms. The van der Waals surface area contributed by atoms with Gasteiger partial charge in [0, 0.05) is 30.4 Å². The maximum atomic E-state index is 14.6. The maximum Gasteiger partial charge on any atom is 0.167 e. The van der Waals surface area contributed by atoms with Gasteiger partial charge in [-0.3, -0.25) is 16.4 Å². The average Bonchev–Trinajstić information content (AvgIpc) is 3.43. The minimum atomic E-state index is -0.547. The molecule has 4 atom stereocenters. The van der Waals surface area contributed by atoms with E-state index in [0.29, 0.717) is 17.8 Å². The van der Waals surface area contributed by atoms with Crippen molar-refractivity contribution in [3.63, 3.8) is 0 Å². The first-order chi connectivity index (χ1) is 15.0. The summed E-state index contributed by atoms with van der Waals surface area (Å²) in [6, 6.07) is 5.61. The summed E-state index contributed by atoms with van der Waals surface area (Å²) in [6.45, 7) is 5.09. The monoisotopic (exact) mass is 435 g/mol. The Morgan fingerprint density at radius 2 is 1.77 bits per heavy atom. The Hall–Kier alpha value is -1.49. The van der Waals surface area contributed by atoms with E-state index in [-0.39, 0.29) is 12.0 Å². The van der Waals surface area contributed by atoms with Crippen molar-refractivity contribution in [3.05, 3.63) is 24.0 Å². The van der Waals surface area contributed by atoms with E-state index in [2.05, 4.69) is 21.6 Å². The van der Waals surface area contributed by atoms with Gasteiger partial charge in [-0.15, -0.1) is 0 Å². The molecule has 1 aliphatic carbocycles. The molecule has 4 unspecified atom stereocenters. The first-order valence-electron chi connectivity index (χ1n) is 11.6. The van der Waals surface area contributed by atoms with E-state index < -0.39 is 18.4 Å². The molecule has 3 aliphatic rings. The number of likely N-dealkylation sites (tertiary alicyclic amines) is 1. The summed E-state index contributed by atoms with van der Waals surface area (Å²) < 4.78 is 19.7. The van der Waals surface area contributed by atoms with E-state index in [9.17, 15) is 4.39 Å². The molecule has 9 heteroatoms. The Morgan fingerprint density at radius 3 is 2.42 bits per heavy atom. The lowest BCUT2D eigenvalue weighted by atomic mass is 10.1. The van der Waals surface area contributed by atoms with Crippen molar-refractivity contribution < 1.29 is 9.13 Å². The van der Waals surface area contributed by atoms with Crippen molar-refractivity contribution in [2.75, 3.05) is 31.6 Å². The van der Waals surface area contributed by atoms with Gasteiger partial charge in [0.15, 0.2) is 11.6 Å². The standard InChI is InChI=1S/C22H38FN7O/c1-3-27-12-6-9-17(27)14-28-20(24)29(15-7-4-5-8-15)22(26)30(21(28)25)16-10-11-19(31-2)18(23)13-16/h10-11,13,15,17,20-22H,3-9,12,14,24-26H2,1-2H3. The number of rotatable bonds is 6. The molecule has 2 heterocycles. The van der Waals surface area contributed by atoms with Gasteiger partial charge in [0.25, 0.3) is 0 Å². The molecule has 4 rings (SSSR count). The highest BCUT2D eigenvalue weighted by Crippen LogP contribution is 2.34. The van der Waals surface area contributed by atoms with Gasteiger partial charge in [0.05, 0.1) is 7.11 Å². The molecule has 3 fully saturated rings. The Kier molecular flexibility index (Phi) is 7.00. The second-order valence-corrected chi connectivity index (χ2v) is 8.97. The molecule has 1 saturated carbocycles. The van der Waals surface area contributed by atoms with Gasteiger partial charge in [-0.2, -0.15) is 0 Å². The van der Waals surface area contributed by atoms with E-state index in [1.807, 2.05) is 11.0 Å². The molecule has 0 radical (unpaired) electrons. The highest BCUT2D eigenvalue weighted by molar-refractivity contribution is 5.51. The van der Waals surface area contributed by atoms with Crippen molar-refractivity contribution in [2.45, 2.75) is 76.4 Å². The summed E-state index contributed by atoms with van der Waals surface area (Å²) in [5, 5.41) is 0. The van der Waals surface area contributed by atoms with Gasteiger partial charge in [-0.1, -0.05) is 19.8 Å². The highest BCUT2D eigenvalue weighted by atomic mass is 19.1. The van der Waals surface area contributed by atoms with Crippen LogP contribution in [0.1, 0.15) is 45.4 Å². The van der Waals surface area contributed by atoms with Crippen LogP contribution >= 0.6 is 0 Å². The first-order valence-corrected chi connectivity index (χ1v) is 11.6. The minimum Gasteiger partial charge on any atom is -0.494 e. The minimum absolute atomic E-state index is 0.202. The van der Waals surface area contributed by atoms with E-state index in [4.69, 9.17) is 21.9 Å². The summed E-state index contributed by atoms with van der Waals surface area (Å²) in [4.78, 5) is 8.72. The van der Waals surface area contributed by atoms with Crippen LogP contribution in [0.15, 0.2) is 18.2 Å². The van der Waals surface area contributed by atoms with Crippen LogP contribution in [-0.2, 0) is 0 Å². The molecule has 31 heavy (non-hydrogen) atoms. The fourth-order valence-corrected chi connectivity index (χ4v) is 5.68. The second-order valence-electron chi connectivity index (χ2n) is 8.97. The van der Waals surface area contributed by atoms with E-state index >= 15 is 0 Å². The largest absolute Gasteiger partial charge is 0.494 e. The van der Waals surface area contributed by atoms with Gasteiger partial charge in [-0.25, -0.2) is 14.2 Å². The molecule has 1 aromatic carbocycles. The molecule has 0 spiro atoms. The van der Waals surface area contributed by atoms with Crippen molar-refractivity contribution in [1.29, 1.82) is 0 Å². The number of hydrogen-bond donors (Lipinski definition) is 3. The number of ether oxygens (including phenoxy) is 1. The molecule has 1 aromatic rings. The molecule has 8 nitrogen and oxygen atoms in total. The van der Waals surface area contributed by atoms with Crippen LogP contribution < -0.4 is 26.8 Å². The molecular weight excluding hydrogens is 397 g/mol. The predicted molar refractivity (Wildman–Crippen MR) is 120 cm³/mol. The van der Waals surface area contributed by atoms with Crippen LogP contribution in [0.3, 0.4) is 0 Å². The smallest absolute Gasteiger partial charge is 0.167 e. The second kappa shape index (κ2) is 9.56. The van der Waals surface area contributed by atoms with Crippen molar-refractivity contribution in [2.24, 2.45) is 17.2 Å². The molecule has 2 saturated heterocycles. The summed E-state index contributed by atoms with van der Waals surface area (Å²) >= 11 is 0. The van der Waals surface area contributed by atoms with Crippen LogP contribution in [-0.4, -0.2) is 72.4 Å². The highest BCUT2D eigenvalue weighted by Gasteiger charge is 2.46. The topological polar surface area (TPSA) is 100 Å². The Morgan fingerprint density at radius 1 is 1.03 bits per heavy atom. The Balaban J connectivity index is 1.66. The Labute approximate surface area is 185 Å². The number of anilines is 1. The van der Waals surface area contributed by atoms with Crippen LogP contribution in [0, 0.1) is 5.82 Å². The Bertz CT molecular complexity index is 747. The summed E-state index contributed by atoms with van der Waals surface area (Å²) in [6.07, 6.45) is 5.38. The molecular formula is C22H38FN7O. The predicted octanol–water partition coefficient (Wildman–Crippen LogP) is 1.41. The van der Waals surface area contributed by atoms with Crippen molar-refractivity contribution >= 4 is 5.69 Å². The van der Waals surface area contributed by atoms with E-state index in [0.717, 1.165) is 38.9 Å². The zero-order valence-corrected chi connectivity index (χ0v) is 18.8. The van der Waals surface area contributed by atoms with Gasteiger partial charge >= 0.3 is 0 Å². The third-order valence-corrected chi connectivity index (χ3v) is 7.37. The lowest BCUT2D eigenvalue weighted by Crippen LogP contribution is -2.80. The number of likely N-dealkylation sites (N-methyl/N-ethyl adjacent to an activating group) is 1. The fraction of sp³-hybridized carbons (Fsp3) is 0.727. The lowest BCUT2D eigenvalue weighted by Gasteiger charge is -2.57. The van der Waals surface area contributed by atoms with Gasteiger partial charge < -0.3 is 15.4 Å². The van der Waals surface area contributed by atoms with E-state index in [1.54, 1.807) is 6.07 Å². The number of halogens is 1. The number of nitrogens with two attached hydrogens (primary N) is 3. The van der Waals surface area contributed by atoms with Crippen LogP contribution in [0.4, 0.5) is 10.1 Å². The number of hydrogen-bond acceptors (Lipinski definition) is 8. The number of methoxy groups -OCH3 is 1. The summed E-state index contributed by atoms with van der Waals surface area (Å²) in [7, 11) is 1.46. The van der Waals surface area contributed by atoms with E-state index in [1.165, 1.54) is 32.4 Å². The lowest BCUT2D eigenvalue weighted by molar-refractivity contribution is -0.0880. The van der Waals surface area contributed by atoms with Gasteiger partial charge in [-0.05, 0) is 50.9 Å². The zero-order chi connectivity index (χ0) is 22.1.